The van der Waals surface area contributed by atoms with E-state index in [1.807, 2.05) is 11.6 Å². The number of nitro benzene ring substituents is 1. The van der Waals surface area contributed by atoms with Crippen LogP contribution in [0.25, 0.3) is 0 Å². The van der Waals surface area contributed by atoms with Crippen molar-refractivity contribution in [2.75, 3.05) is 0 Å². The number of carbonyl (C=O) groups is 1. The van der Waals surface area contributed by atoms with Crippen LogP contribution in [0.2, 0.25) is 0 Å². The van der Waals surface area contributed by atoms with Crippen molar-refractivity contribution in [3.8, 4) is 0 Å². The van der Waals surface area contributed by atoms with Gasteiger partial charge in [0.15, 0.2) is 10.9 Å². The van der Waals surface area contributed by atoms with Gasteiger partial charge in [0.25, 0.3) is 5.69 Å². The summed E-state index contributed by atoms with van der Waals surface area (Å²) in [5.74, 6) is -0.208. The van der Waals surface area contributed by atoms with Crippen molar-refractivity contribution in [1.29, 1.82) is 0 Å². The molecule has 0 atom stereocenters. The van der Waals surface area contributed by atoms with Gasteiger partial charge in [0.05, 0.1) is 4.92 Å². The maximum Gasteiger partial charge on any atom is 0.270 e. The maximum atomic E-state index is 11.6. The minimum atomic E-state index is -0.512. The molecule has 0 saturated heterocycles. The standard InChI is InChI=1S/C12H11N3O3S/c1-8(16)10-7-9(15(17)18)3-4-11(10)19-12-13-5-6-14(12)2/h3-7H,1-2H3. The van der Waals surface area contributed by atoms with Crippen molar-refractivity contribution in [3.63, 3.8) is 0 Å². The minimum absolute atomic E-state index is 0.0885. The molecule has 0 aliphatic heterocycles. The third-order valence-corrected chi connectivity index (χ3v) is 3.68. The van der Waals surface area contributed by atoms with E-state index in [1.165, 1.54) is 30.8 Å². The van der Waals surface area contributed by atoms with Gasteiger partial charge in [-0.25, -0.2) is 4.98 Å². The number of rotatable bonds is 4. The molecule has 0 fully saturated rings. The first kappa shape index (κ1) is 13.3. The molecule has 2 aromatic rings. The molecule has 0 N–H and O–H groups in total. The lowest BCUT2D eigenvalue weighted by atomic mass is 10.1. The maximum absolute atomic E-state index is 11.6. The summed E-state index contributed by atoms with van der Waals surface area (Å²) in [5, 5.41) is 11.4. The molecule has 0 aliphatic rings. The molecule has 0 radical (unpaired) electrons. The number of Topliss-reactive ketones (excluding diaryl/α,β-unsaturated/α-hetero) is 1. The van der Waals surface area contributed by atoms with Crippen LogP contribution in [-0.4, -0.2) is 20.3 Å². The molecule has 0 amide bonds. The highest BCUT2D eigenvalue weighted by Crippen LogP contribution is 2.31. The number of imidazole rings is 1. The Labute approximate surface area is 113 Å². The van der Waals surface area contributed by atoms with Crippen LogP contribution in [0.5, 0.6) is 0 Å². The van der Waals surface area contributed by atoms with E-state index in [0.717, 1.165) is 5.16 Å². The second-order valence-corrected chi connectivity index (χ2v) is 4.93. The molecule has 0 spiro atoms. The molecule has 1 heterocycles. The van der Waals surface area contributed by atoms with Crippen LogP contribution in [0.1, 0.15) is 17.3 Å². The summed E-state index contributed by atoms with van der Waals surface area (Å²) in [6.07, 6.45) is 3.45. The fourth-order valence-corrected chi connectivity index (χ4v) is 2.51. The molecular weight excluding hydrogens is 266 g/mol. The van der Waals surface area contributed by atoms with Gasteiger partial charge in [-0.1, -0.05) is 11.8 Å². The van der Waals surface area contributed by atoms with E-state index in [9.17, 15) is 14.9 Å². The van der Waals surface area contributed by atoms with E-state index < -0.39 is 4.92 Å². The molecule has 6 nitrogen and oxygen atoms in total. The zero-order valence-corrected chi connectivity index (χ0v) is 11.2. The predicted octanol–water partition coefficient (Wildman–Crippen LogP) is 2.68. The van der Waals surface area contributed by atoms with Crippen molar-refractivity contribution in [2.24, 2.45) is 7.05 Å². The number of hydrogen-bond acceptors (Lipinski definition) is 5. The number of hydrogen-bond donors (Lipinski definition) is 0. The first-order valence-corrected chi connectivity index (χ1v) is 6.25. The lowest BCUT2D eigenvalue weighted by Gasteiger charge is -2.06. The molecule has 7 heteroatoms. The topological polar surface area (TPSA) is 78.0 Å². The van der Waals surface area contributed by atoms with Crippen molar-refractivity contribution in [2.45, 2.75) is 17.0 Å². The van der Waals surface area contributed by atoms with E-state index in [1.54, 1.807) is 18.5 Å². The van der Waals surface area contributed by atoms with Crippen LogP contribution in [0.3, 0.4) is 0 Å². The highest BCUT2D eigenvalue weighted by atomic mass is 32.2. The Kier molecular flexibility index (Phi) is 3.66. The Hall–Kier alpha value is -2.15. The zero-order chi connectivity index (χ0) is 14.0. The molecule has 0 saturated carbocycles. The molecule has 0 bridgehead atoms. The summed E-state index contributed by atoms with van der Waals surface area (Å²) in [7, 11) is 1.84. The number of nitro groups is 1. The van der Waals surface area contributed by atoms with Crippen LogP contribution >= 0.6 is 11.8 Å². The van der Waals surface area contributed by atoms with E-state index in [0.29, 0.717) is 10.5 Å². The average molecular weight is 277 g/mol. The molecule has 0 unspecified atom stereocenters. The molecule has 0 aliphatic carbocycles. The second-order valence-electron chi connectivity index (χ2n) is 3.92. The number of benzene rings is 1. The summed E-state index contributed by atoms with van der Waals surface area (Å²) < 4.78 is 1.82. The Morgan fingerprint density at radius 3 is 2.74 bits per heavy atom. The molecular formula is C12H11N3O3S. The first-order chi connectivity index (χ1) is 8.99. The number of aryl methyl sites for hydroxylation is 1. The summed E-state index contributed by atoms with van der Waals surface area (Å²) in [4.78, 5) is 26.6. The SMILES string of the molecule is CC(=O)c1cc([N+](=O)[O-])ccc1Sc1nccn1C. The Balaban J connectivity index is 2.43. The van der Waals surface area contributed by atoms with Crippen molar-refractivity contribution in [3.05, 3.63) is 46.3 Å². The van der Waals surface area contributed by atoms with Crippen LogP contribution in [0, 0.1) is 10.1 Å². The zero-order valence-electron chi connectivity index (χ0n) is 10.4. The van der Waals surface area contributed by atoms with E-state index in [-0.39, 0.29) is 11.5 Å². The molecule has 2 rings (SSSR count). The fourth-order valence-electron chi connectivity index (χ4n) is 1.54. The van der Waals surface area contributed by atoms with E-state index in [4.69, 9.17) is 0 Å². The highest BCUT2D eigenvalue weighted by Gasteiger charge is 2.16. The monoisotopic (exact) mass is 277 g/mol. The number of ketones is 1. The van der Waals surface area contributed by atoms with Gasteiger partial charge in [-0.05, 0) is 13.0 Å². The normalized spacial score (nSPS) is 10.4. The summed E-state index contributed by atoms with van der Waals surface area (Å²) >= 11 is 1.30. The van der Waals surface area contributed by atoms with Crippen LogP contribution in [-0.2, 0) is 7.05 Å². The smallest absolute Gasteiger partial charge is 0.270 e. The Morgan fingerprint density at radius 2 is 2.21 bits per heavy atom. The average Bonchev–Trinajstić information content (AvgIpc) is 2.75. The lowest BCUT2D eigenvalue weighted by Crippen LogP contribution is -1.99. The summed E-state index contributed by atoms with van der Waals surface area (Å²) in [6.45, 7) is 1.39. The van der Waals surface area contributed by atoms with Gasteiger partial charge < -0.3 is 4.57 Å². The van der Waals surface area contributed by atoms with Gasteiger partial charge in [-0.15, -0.1) is 0 Å². The molecule has 19 heavy (non-hydrogen) atoms. The number of aromatic nitrogens is 2. The quantitative estimate of drug-likeness (QED) is 0.487. The third-order valence-electron chi connectivity index (χ3n) is 2.53. The Bertz CT molecular complexity index is 651. The number of nitrogens with zero attached hydrogens (tertiary/aromatic N) is 3. The number of non-ortho nitro benzene ring substituents is 1. The second kappa shape index (κ2) is 5.23. The van der Waals surface area contributed by atoms with Gasteiger partial charge in [-0.2, -0.15) is 0 Å². The summed E-state index contributed by atoms with van der Waals surface area (Å²) in [5.41, 5.74) is 0.247. The first-order valence-electron chi connectivity index (χ1n) is 5.43. The van der Waals surface area contributed by atoms with Crippen molar-refractivity contribution < 1.29 is 9.72 Å². The summed E-state index contributed by atoms with van der Waals surface area (Å²) in [6, 6.07) is 4.26. The lowest BCUT2D eigenvalue weighted by molar-refractivity contribution is -0.384. The van der Waals surface area contributed by atoms with E-state index >= 15 is 0 Å². The number of carbonyl (C=O) groups excluding carboxylic acids is 1. The minimum Gasteiger partial charge on any atom is -0.329 e. The van der Waals surface area contributed by atoms with Crippen LogP contribution in [0.15, 0.2) is 40.6 Å². The fraction of sp³-hybridized carbons (Fsp3) is 0.167. The van der Waals surface area contributed by atoms with Gasteiger partial charge in [0, 0.05) is 42.0 Å². The van der Waals surface area contributed by atoms with E-state index in [2.05, 4.69) is 4.98 Å². The van der Waals surface area contributed by atoms with Crippen LogP contribution < -0.4 is 0 Å². The molecule has 98 valence electrons. The van der Waals surface area contributed by atoms with Gasteiger partial charge >= 0.3 is 0 Å². The predicted molar refractivity (Wildman–Crippen MR) is 70.4 cm³/mol. The molecule has 1 aromatic heterocycles. The highest BCUT2D eigenvalue weighted by molar-refractivity contribution is 7.99. The largest absolute Gasteiger partial charge is 0.329 e. The van der Waals surface area contributed by atoms with Crippen molar-refractivity contribution >= 4 is 23.2 Å². The Morgan fingerprint density at radius 1 is 1.47 bits per heavy atom. The molecule has 1 aromatic carbocycles. The van der Waals surface area contributed by atoms with Crippen molar-refractivity contribution in [1.82, 2.24) is 9.55 Å². The third kappa shape index (κ3) is 2.82. The van der Waals surface area contributed by atoms with Crippen LogP contribution in [0.4, 0.5) is 5.69 Å². The van der Waals surface area contributed by atoms with Gasteiger partial charge in [-0.3, -0.25) is 14.9 Å². The van der Waals surface area contributed by atoms with Gasteiger partial charge in [0.2, 0.25) is 0 Å². The van der Waals surface area contributed by atoms with Gasteiger partial charge in [0.1, 0.15) is 0 Å².